The molecule has 0 saturated carbocycles. The van der Waals surface area contributed by atoms with Gasteiger partial charge in [-0.25, -0.2) is 17.9 Å². The number of aryl methyl sites for hydroxylation is 1. The maximum atomic E-state index is 12.2. The zero-order chi connectivity index (χ0) is 14.8. The van der Waals surface area contributed by atoms with Crippen LogP contribution in [0.5, 0.6) is 0 Å². The van der Waals surface area contributed by atoms with Crippen molar-refractivity contribution >= 4 is 16.0 Å². The molecule has 19 heavy (non-hydrogen) atoms. The Bertz CT molecular complexity index is 572. The van der Waals surface area contributed by atoms with Gasteiger partial charge >= 0.3 is 5.97 Å². The monoisotopic (exact) mass is 291 g/mol. The quantitative estimate of drug-likeness (QED) is 0.809. The van der Waals surface area contributed by atoms with Crippen molar-refractivity contribution in [3.8, 4) is 0 Å². The predicted octanol–water partition coefficient (Wildman–Crippen LogP) is 0.990. The van der Waals surface area contributed by atoms with Crippen LogP contribution in [0.3, 0.4) is 0 Å². The molecule has 0 aliphatic rings. The number of rotatable bonds is 6. The van der Waals surface area contributed by atoms with Crippen molar-refractivity contribution in [3.63, 3.8) is 0 Å². The standard InChI is InChI=1S/C11H17NO6S/c1-7-9(5-8(18-7)10(13)14)19(15,16)12-11(2,3)6-17-4/h5,12H,6H2,1-4H3,(H,13,14). The predicted molar refractivity (Wildman–Crippen MR) is 66.7 cm³/mol. The van der Waals surface area contributed by atoms with Gasteiger partial charge in [0, 0.05) is 13.2 Å². The van der Waals surface area contributed by atoms with Gasteiger partial charge in [-0.15, -0.1) is 0 Å². The molecule has 0 radical (unpaired) electrons. The first-order valence-corrected chi connectivity index (χ1v) is 6.94. The first kappa shape index (κ1) is 15.7. The summed E-state index contributed by atoms with van der Waals surface area (Å²) in [4.78, 5) is 10.6. The van der Waals surface area contributed by atoms with Gasteiger partial charge in [0.05, 0.1) is 12.1 Å². The highest BCUT2D eigenvalue weighted by molar-refractivity contribution is 7.89. The van der Waals surface area contributed by atoms with Gasteiger partial charge < -0.3 is 14.3 Å². The Balaban J connectivity index is 3.11. The zero-order valence-corrected chi connectivity index (χ0v) is 12.0. The fourth-order valence-corrected chi connectivity index (χ4v) is 3.23. The maximum absolute atomic E-state index is 12.2. The number of hydrogen-bond acceptors (Lipinski definition) is 5. The highest BCUT2D eigenvalue weighted by Gasteiger charge is 2.30. The van der Waals surface area contributed by atoms with E-state index >= 15 is 0 Å². The van der Waals surface area contributed by atoms with Crippen molar-refractivity contribution in [2.24, 2.45) is 0 Å². The number of nitrogens with one attached hydrogen (secondary N) is 1. The van der Waals surface area contributed by atoms with Crippen LogP contribution in [-0.2, 0) is 14.8 Å². The maximum Gasteiger partial charge on any atom is 0.371 e. The van der Waals surface area contributed by atoms with E-state index in [0.717, 1.165) is 6.07 Å². The number of methoxy groups -OCH3 is 1. The molecular formula is C11H17NO6S. The van der Waals surface area contributed by atoms with Crippen molar-refractivity contribution in [1.29, 1.82) is 0 Å². The van der Waals surface area contributed by atoms with Gasteiger partial charge in [0.2, 0.25) is 15.8 Å². The van der Waals surface area contributed by atoms with Gasteiger partial charge in [0.1, 0.15) is 10.7 Å². The second-order valence-electron chi connectivity index (χ2n) is 4.76. The summed E-state index contributed by atoms with van der Waals surface area (Å²) in [7, 11) is -2.41. The molecule has 0 aliphatic heterocycles. The lowest BCUT2D eigenvalue weighted by molar-refractivity contribution is 0.0661. The molecule has 0 unspecified atom stereocenters. The first-order chi connectivity index (χ1) is 8.59. The number of aromatic carboxylic acids is 1. The summed E-state index contributed by atoms with van der Waals surface area (Å²) in [6.45, 7) is 4.88. The van der Waals surface area contributed by atoms with Gasteiger partial charge in [0.15, 0.2) is 0 Å². The summed E-state index contributed by atoms with van der Waals surface area (Å²) in [5.74, 6) is -1.71. The molecule has 108 valence electrons. The third-order valence-electron chi connectivity index (χ3n) is 2.29. The molecule has 1 aromatic heterocycles. The molecular weight excluding hydrogens is 274 g/mol. The van der Waals surface area contributed by atoms with Crippen LogP contribution in [-0.4, -0.2) is 38.7 Å². The highest BCUT2D eigenvalue weighted by Crippen LogP contribution is 2.21. The number of carboxylic acid groups (broad SMARTS) is 1. The summed E-state index contributed by atoms with van der Waals surface area (Å²) in [5.41, 5.74) is -0.819. The van der Waals surface area contributed by atoms with E-state index in [2.05, 4.69) is 4.72 Å². The minimum atomic E-state index is -3.87. The fraction of sp³-hybridized carbons (Fsp3) is 0.545. The van der Waals surface area contributed by atoms with E-state index < -0.39 is 27.3 Å². The molecule has 1 aromatic rings. The van der Waals surface area contributed by atoms with Crippen molar-refractivity contribution in [1.82, 2.24) is 4.72 Å². The molecule has 7 nitrogen and oxygen atoms in total. The molecule has 0 atom stereocenters. The van der Waals surface area contributed by atoms with Gasteiger partial charge in [-0.1, -0.05) is 0 Å². The van der Waals surface area contributed by atoms with Crippen molar-refractivity contribution in [2.45, 2.75) is 31.2 Å². The van der Waals surface area contributed by atoms with E-state index in [4.69, 9.17) is 14.3 Å². The molecule has 0 aromatic carbocycles. The Hall–Kier alpha value is -1.38. The van der Waals surface area contributed by atoms with Gasteiger partial charge in [0.25, 0.3) is 0 Å². The Morgan fingerprint density at radius 2 is 2.11 bits per heavy atom. The molecule has 1 heterocycles. The first-order valence-electron chi connectivity index (χ1n) is 5.46. The number of furan rings is 1. The fourth-order valence-electron chi connectivity index (χ4n) is 1.65. The lowest BCUT2D eigenvalue weighted by Gasteiger charge is -2.24. The Kier molecular flexibility index (Phi) is 4.39. The lowest BCUT2D eigenvalue weighted by atomic mass is 10.1. The van der Waals surface area contributed by atoms with E-state index in [9.17, 15) is 13.2 Å². The minimum absolute atomic E-state index is 0.0260. The SMILES string of the molecule is COCC(C)(C)NS(=O)(=O)c1cc(C(=O)O)oc1C. The van der Waals surface area contributed by atoms with Gasteiger partial charge in [-0.2, -0.15) is 0 Å². The molecule has 1 rings (SSSR count). The molecule has 0 fully saturated rings. The molecule has 0 spiro atoms. The van der Waals surface area contributed by atoms with Crippen LogP contribution in [0, 0.1) is 6.92 Å². The van der Waals surface area contributed by atoms with Crippen molar-refractivity contribution in [3.05, 3.63) is 17.6 Å². The van der Waals surface area contributed by atoms with E-state index in [1.165, 1.54) is 14.0 Å². The van der Waals surface area contributed by atoms with Crippen LogP contribution < -0.4 is 4.72 Å². The normalized spacial score (nSPS) is 12.6. The van der Waals surface area contributed by atoms with Crippen molar-refractivity contribution in [2.75, 3.05) is 13.7 Å². The average molecular weight is 291 g/mol. The molecule has 8 heteroatoms. The van der Waals surface area contributed by atoms with E-state index in [0.29, 0.717) is 0 Å². The van der Waals surface area contributed by atoms with Crippen LogP contribution >= 0.6 is 0 Å². The van der Waals surface area contributed by atoms with Gasteiger partial charge in [-0.05, 0) is 20.8 Å². The Labute approximate surface area is 111 Å². The third kappa shape index (κ3) is 3.79. The third-order valence-corrected chi connectivity index (χ3v) is 4.09. The number of hydrogen-bond donors (Lipinski definition) is 2. The Morgan fingerprint density at radius 3 is 2.53 bits per heavy atom. The highest BCUT2D eigenvalue weighted by atomic mass is 32.2. The largest absolute Gasteiger partial charge is 0.475 e. The topological polar surface area (TPSA) is 106 Å². The molecule has 0 saturated heterocycles. The van der Waals surface area contributed by atoms with Crippen LogP contribution in [0.1, 0.15) is 30.2 Å². The van der Waals surface area contributed by atoms with Crippen LogP contribution in [0.15, 0.2) is 15.4 Å². The van der Waals surface area contributed by atoms with E-state index in [1.54, 1.807) is 13.8 Å². The molecule has 0 bridgehead atoms. The number of sulfonamides is 1. The summed E-state index contributed by atoms with van der Waals surface area (Å²) in [6, 6.07) is 0.989. The molecule has 2 N–H and O–H groups in total. The number of carbonyl (C=O) groups is 1. The second kappa shape index (κ2) is 5.32. The minimum Gasteiger partial charge on any atom is -0.475 e. The Morgan fingerprint density at radius 1 is 1.53 bits per heavy atom. The summed E-state index contributed by atoms with van der Waals surface area (Å²) in [6.07, 6.45) is 0. The van der Waals surface area contributed by atoms with E-state index in [1.807, 2.05) is 0 Å². The van der Waals surface area contributed by atoms with Gasteiger partial charge in [-0.3, -0.25) is 0 Å². The van der Waals surface area contributed by atoms with E-state index in [-0.39, 0.29) is 17.3 Å². The average Bonchev–Trinajstić information content (AvgIpc) is 2.59. The summed E-state index contributed by atoms with van der Waals surface area (Å²) < 4.78 is 36.6. The van der Waals surface area contributed by atoms with Crippen LogP contribution in [0.2, 0.25) is 0 Å². The van der Waals surface area contributed by atoms with Crippen LogP contribution in [0.25, 0.3) is 0 Å². The van der Waals surface area contributed by atoms with Crippen molar-refractivity contribution < 1.29 is 27.5 Å². The summed E-state index contributed by atoms with van der Waals surface area (Å²) in [5, 5.41) is 8.78. The smallest absolute Gasteiger partial charge is 0.371 e. The molecule has 0 amide bonds. The second-order valence-corrected chi connectivity index (χ2v) is 6.41. The van der Waals surface area contributed by atoms with Crippen LogP contribution in [0.4, 0.5) is 0 Å². The number of carboxylic acids is 1. The summed E-state index contributed by atoms with van der Waals surface area (Å²) >= 11 is 0. The molecule has 0 aliphatic carbocycles. The lowest BCUT2D eigenvalue weighted by Crippen LogP contribution is -2.46. The zero-order valence-electron chi connectivity index (χ0n) is 11.2. The number of ether oxygens (including phenoxy) is 1.